The van der Waals surface area contributed by atoms with Gasteiger partial charge in [0.15, 0.2) is 0 Å². The van der Waals surface area contributed by atoms with Crippen molar-refractivity contribution in [3.05, 3.63) is 59.7 Å². The van der Waals surface area contributed by atoms with Crippen molar-refractivity contribution in [3.63, 3.8) is 0 Å². The van der Waals surface area contributed by atoms with E-state index >= 15 is 0 Å². The number of fused-ring (bicyclic) bond motifs is 1. The predicted molar refractivity (Wildman–Crippen MR) is 109 cm³/mol. The van der Waals surface area contributed by atoms with E-state index in [0.29, 0.717) is 30.9 Å². The minimum absolute atomic E-state index is 0.0313. The van der Waals surface area contributed by atoms with E-state index in [1.807, 2.05) is 59.2 Å². The fourth-order valence-electron chi connectivity index (χ4n) is 4.26. The van der Waals surface area contributed by atoms with Gasteiger partial charge in [0.1, 0.15) is 5.75 Å². The molecule has 5 nitrogen and oxygen atoms in total. The van der Waals surface area contributed by atoms with Crippen LogP contribution in [0.1, 0.15) is 48.0 Å². The van der Waals surface area contributed by atoms with Crippen molar-refractivity contribution in [2.75, 3.05) is 31.1 Å². The van der Waals surface area contributed by atoms with Crippen LogP contribution in [0, 0.1) is 0 Å². The molecule has 2 aliphatic heterocycles. The maximum atomic E-state index is 13.3. The summed E-state index contributed by atoms with van der Waals surface area (Å²) in [6, 6.07) is 15.5. The number of benzene rings is 2. The van der Waals surface area contributed by atoms with E-state index in [2.05, 4.69) is 6.07 Å². The minimum atomic E-state index is -0.0313. The molecule has 2 aliphatic rings. The van der Waals surface area contributed by atoms with Crippen molar-refractivity contribution >= 4 is 17.5 Å². The van der Waals surface area contributed by atoms with E-state index in [1.54, 1.807) is 0 Å². The van der Waals surface area contributed by atoms with Crippen LogP contribution in [0.25, 0.3) is 0 Å². The molecule has 0 aliphatic carbocycles. The van der Waals surface area contributed by atoms with Crippen LogP contribution in [0.15, 0.2) is 48.5 Å². The number of para-hydroxylation sites is 2. The van der Waals surface area contributed by atoms with Crippen LogP contribution in [0.5, 0.6) is 5.75 Å². The van der Waals surface area contributed by atoms with Gasteiger partial charge in [0, 0.05) is 37.7 Å². The summed E-state index contributed by atoms with van der Waals surface area (Å²) in [5, 5.41) is 0. The zero-order chi connectivity index (χ0) is 19.5. The molecule has 4 rings (SSSR count). The van der Waals surface area contributed by atoms with E-state index < -0.39 is 0 Å². The molecule has 0 N–H and O–H groups in total. The standard InChI is InChI=1S/C23H26N2O3/c1-2-28-21-11-6-4-9-19(21)23(27)25-16-17(18-8-3-5-10-20(18)25)13-15-24-14-7-12-22(24)26/h3-6,8-11,17H,2,7,12-16H2,1H3. The molecule has 0 radical (unpaired) electrons. The Bertz CT molecular complexity index is 880. The number of hydrogen-bond donors (Lipinski definition) is 0. The molecule has 2 heterocycles. The van der Waals surface area contributed by atoms with Gasteiger partial charge in [0.25, 0.3) is 5.91 Å². The third-order valence-electron chi connectivity index (χ3n) is 5.65. The molecule has 0 saturated carbocycles. The Labute approximate surface area is 165 Å². The summed E-state index contributed by atoms with van der Waals surface area (Å²) in [6.07, 6.45) is 2.50. The molecule has 2 aromatic rings. The summed E-state index contributed by atoms with van der Waals surface area (Å²) in [7, 11) is 0. The van der Waals surface area contributed by atoms with Gasteiger partial charge in [0.05, 0.1) is 12.2 Å². The number of hydrogen-bond acceptors (Lipinski definition) is 3. The highest BCUT2D eigenvalue weighted by atomic mass is 16.5. The number of nitrogens with zero attached hydrogens (tertiary/aromatic N) is 2. The third kappa shape index (κ3) is 3.49. The fraction of sp³-hybridized carbons (Fsp3) is 0.391. The number of carbonyl (C=O) groups excluding carboxylic acids is 2. The normalized spacial score (nSPS) is 18.5. The summed E-state index contributed by atoms with van der Waals surface area (Å²) in [6.45, 7) is 4.70. The highest BCUT2D eigenvalue weighted by Crippen LogP contribution is 2.39. The summed E-state index contributed by atoms with van der Waals surface area (Å²) in [5.41, 5.74) is 2.75. The van der Waals surface area contributed by atoms with Crippen LogP contribution in [0.2, 0.25) is 0 Å². The van der Waals surface area contributed by atoms with Crippen LogP contribution in [-0.2, 0) is 4.79 Å². The molecule has 0 bridgehead atoms. The Morgan fingerprint density at radius 2 is 1.93 bits per heavy atom. The van der Waals surface area contributed by atoms with Crippen molar-refractivity contribution in [3.8, 4) is 5.75 Å². The zero-order valence-electron chi connectivity index (χ0n) is 16.3. The van der Waals surface area contributed by atoms with E-state index in [9.17, 15) is 9.59 Å². The van der Waals surface area contributed by atoms with Crippen molar-refractivity contribution in [2.45, 2.75) is 32.1 Å². The van der Waals surface area contributed by atoms with E-state index in [-0.39, 0.29) is 17.7 Å². The first-order valence-corrected chi connectivity index (χ1v) is 10.1. The molecule has 2 aromatic carbocycles. The second-order valence-corrected chi connectivity index (χ2v) is 7.37. The van der Waals surface area contributed by atoms with Gasteiger partial charge in [-0.3, -0.25) is 9.59 Å². The summed E-state index contributed by atoms with van der Waals surface area (Å²) >= 11 is 0. The molecule has 1 fully saturated rings. The molecule has 1 atom stereocenters. The molecular weight excluding hydrogens is 352 g/mol. The number of rotatable bonds is 6. The largest absolute Gasteiger partial charge is 0.493 e. The molecule has 28 heavy (non-hydrogen) atoms. The van der Waals surface area contributed by atoms with Crippen LogP contribution >= 0.6 is 0 Å². The van der Waals surface area contributed by atoms with Crippen LogP contribution < -0.4 is 9.64 Å². The first kappa shape index (κ1) is 18.5. The van der Waals surface area contributed by atoms with Crippen molar-refractivity contribution in [1.82, 2.24) is 4.90 Å². The first-order valence-electron chi connectivity index (χ1n) is 10.1. The Morgan fingerprint density at radius 1 is 1.14 bits per heavy atom. The molecule has 0 aromatic heterocycles. The SMILES string of the molecule is CCOc1ccccc1C(=O)N1CC(CCN2CCCC2=O)c2ccccc21. The minimum Gasteiger partial charge on any atom is -0.493 e. The summed E-state index contributed by atoms with van der Waals surface area (Å²) in [5.74, 6) is 1.09. The van der Waals surface area contributed by atoms with Gasteiger partial charge in [-0.2, -0.15) is 0 Å². The van der Waals surface area contributed by atoms with Crippen molar-refractivity contribution in [2.24, 2.45) is 0 Å². The average molecular weight is 378 g/mol. The van der Waals surface area contributed by atoms with Gasteiger partial charge in [-0.25, -0.2) is 0 Å². The van der Waals surface area contributed by atoms with Crippen LogP contribution in [-0.4, -0.2) is 43.0 Å². The van der Waals surface area contributed by atoms with E-state index in [4.69, 9.17) is 4.74 Å². The highest BCUT2D eigenvalue weighted by molar-refractivity contribution is 6.09. The van der Waals surface area contributed by atoms with Crippen molar-refractivity contribution in [1.29, 1.82) is 0 Å². The molecule has 0 spiro atoms. The molecular formula is C23H26N2O3. The second-order valence-electron chi connectivity index (χ2n) is 7.37. The van der Waals surface area contributed by atoms with Gasteiger partial charge in [-0.15, -0.1) is 0 Å². The number of amides is 2. The Hall–Kier alpha value is -2.82. The number of anilines is 1. The molecule has 1 unspecified atom stereocenters. The number of carbonyl (C=O) groups is 2. The number of likely N-dealkylation sites (tertiary alicyclic amines) is 1. The third-order valence-corrected chi connectivity index (χ3v) is 5.65. The Morgan fingerprint density at radius 3 is 2.71 bits per heavy atom. The Balaban J connectivity index is 1.55. The van der Waals surface area contributed by atoms with Gasteiger partial charge >= 0.3 is 0 Å². The quantitative estimate of drug-likeness (QED) is 0.767. The summed E-state index contributed by atoms with van der Waals surface area (Å²) in [4.78, 5) is 29.1. The lowest BCUT2D eigenvalue weighted by atomic mass is 9.98. The van der Waals surface area contributed by atoms with Gasteiger partial charge in [-0.1, -0.05) is 30.3 Å². The topological polar surface area (TPSA) is 49.9 Å². The maximum absolute atomic E-state index is 13.3. The average Bonchev–Trinajstić information content (AvgIpc) is 3.30. The van der Waals surface area contributed by atoms with Gasteiger partial charge in [-0.05, 0) is 43.5 Å². The highest BCUT2D eigenvalue weighted by Gasteiger charge is 2.34. The van der Waals surface area contributed by atoms with Crippen molar-refractivity contribution < 1.29 is 14.3 Å². The molecule has 2 amide bonds. The lowest BCUT2D eigenvalue weighted by Crippen LogP contribution is -2.31. The smallest absolute Gasteiger partial charge is 0.262 e. The maximum Gasteiger partial charge on any atom is 0.262 e. The number of ether oxygens (including phenoxy) is 1. The van der Waals surface area contributed by atoms with Gasteiger partial charge < -0.3 is 14.5 Å². The van der Waals surface area contributed by atoms with Crippen LogP contribution in [0.3, 0.4) is 0 Å². The second kappa shape index (κ2) is 8.05. The monoisotopic (exact) mass is 378 g/mol. The predicted octanol–water partition coefficient (Wildman–Crippen LogP) is 3.84. The van der Waals surface area contributed by atoms with E-state index in [1.165, 1.54) is 5.56 Å². The van der Waals surface area contributed by atoms with E-state index in [0.717, 1.165) is 31.6 Å². The molecule has 5 heteroatoms. The fourth-order valence-corrected chi connectivity index (χ4v) is 4.26. The van der Waals surface area contributed by atoms with Gasteiger partial charge in [0.2, 0.25) is 5.91 Å². The molecule has 1 saturated heterocycles. The lowest BCUT2D eigenvalue weighted by Gasteiger charge is -2.21. The zero-order valence-corrected chi connectivity index (χ0v) is 16.3. The summed E-state index contributed by atoms with van der Waals surface area (Å²) < 4.78 is 5.67. The lowest BCUT2D eigenvalue weighted by molar-refractivity contribution is -0.127. The first-order chi connectivity index (χ1) is 13.7. The Kier molecular flexibility index (Phi) is 5.33. The van der Waals surface area contributed by atoms with Crippen LogP contribution in [0.4, 0.5) is 5.69 Å². The molecule has 146 valence electrons.